The molecule has 0 aromatic heterocycles. The number of anilines is 1. The molecule has 0 fully saturated rings. The Morgan fingerprint density at radius 1 is 1.15 bits per heavy atom. The maximum absolute atomic E-state index is 13.3. The van der Waals surface area contributed by atoms with Crippen LogP contribution in [0.3, 0.4) is 0 Å². The maximum Gasteiger partial charge on any atom is 0.255 e. The van der Waals surface area contributed by atoms with Crippen molar-refractivity contribution in [1.29, 1.82) is 0 Å². The van der Waals surface area contributed by atoms with E-state index in [0.29, 0.717) is 11.3 Å². The van der Waals surface area contributed by atoms with E-state index in [0.717, 1.165) is 9.64 Å². The Balaban J connectivity index is 2.24. The van der Waals surface area contributed by atoms with Gasteiger partial charge in [-0.05, 0) is 59.0 Å². The van der Waals surface area contributed by atoms with Gasteiger partial charge in [0.2, 0.25) is 0 Å². The number of benzene rings is 2. The van der Waals surface area contributed by atoms with Crippen LogP contribution in [0.2, 0.25) is 0 Å². The highest BCUT2D eigenvalue weighted by Crippen LogP contribution is 2.16. The molecule has 0 atom stereocenters. The molecule has 0 aliphatic rings. The highest BCUT2D eigenvalue weighted by Gasteiger charge is 2.11. The number of carbonyl (C=O) groups excluding carboxylic acids is 2. The summed E-state index contributed by atoms with van der Waals surface area (Å²) in [5.74, 6) is -1.94. The van der Waals surface area contributed by atoms with E-state index >= 15 is 0 Å². The molecule has 2 amide bonds. The Bertz CT molecular complexity index is 689. The lowest BCUT2D eigenvalue weighted by atomic mass is 10.1. The molecule has 0 spiro atoms. The third-order valence-electron chi connectivity index (χ3n) is 2.58. The Kier molecular flexibility index (Phi) is 4.33. The van der Waals surface area contributed by atoms with Crippen LogP contribution in [0.4, 0.5) is 10.1 Å². The van der Waals surface area contributed by atoms with Gasteiger partial charge in [-0.15, -0.1) is 0 Å². The average molecular weight is 384 g/mol. The van der Waals surface area contributed by atoms with Crippen LogP contribution in [0.5, 0.6) is 0 Å². The first-order valence-corrected chi connectivity index (χ1v) is 6.71. The summed E-state index contributed by atoms with van der Waals surface area (Å²) < 4.78 is 14.2. The summed E-state index contributed by atoms with van der Waals surface area (Å²) in [4.78, 5) is 23.1. The van der Waals surface area contributed by atoms with Gasteiger partial charge in [-0.3, -0.25) is 9.59 Å². The zero-order valence-electron chi connectivity index (χ0n) is 10.2. The summed E-state index contributed by atoms with van der Waals surface area (Å²) in [6.45, 7) is 0. The quantitative estimate of drug-likeness (QED) is 0.799. The van der Waals surface area contributed by atoms with Crippen molar-refractivity contribution in [3.63, 3.8) is 0 Å². The number of nitrogens with two attached hydrogens (primary N) is 1. The number of hydrogen-bond acceptors (Lipinski definition) is 2. The van der Waals surface area contributed by atoms with Gasteiger partial charge in [0.25, 0.3) is 11.8 Å². The number of rotatable bonds is 3. The predicted molar refractivity (Wildman–Crippen MR) is 82.0 cm³/mol. The fraction of sp³-hybridized carbons (Fsp3) is 0. The summed E-state index contributed by atoms with van der Waals surface area (Å²) in [5, 5.41) is 2.59. The predicted octanol–water partition coefficient (Wildman–Crippen LogP) is 2.78. The summed E-state index contributed by atoms with van der Waals surface area (Å²) in [5.41, 5.74) is 5.58. The van der Waals surface area contributed by atoms with E-state index in [-0.39, 0.29) is 11.5 Å². The van der Waals surface area contributed by atoms with Gasteiger partial charge < -0.3 is 11.1 Å². The van der Waals surface area contributed by atoms with Gasteiger partial charge in [0.1, 0.15) is 5.82 Å². The lowest BCUT2D eigenvalue weighted by Gasteiger charge is -2.07. The maximum atomic E-state index is 13.3. The highest BCUT2D eigenvalue weighted by molar-refractivity contribution is 14.1. The standard InChI is InChI=1S/C14H10FIN2O2/c15-12-5-4-10(7-11(12)13(17)19)18-14(20)8-2-1-3-9(16)6-8/h1-7H,(H2,17,19)(H,18,20). The first-order chi connectivity index (χ1) is 9.47. The molecule has 0 heterocycles. The molecule has 0 saturated heterocycles. The van der Waals surface area contributed by atoms with Crippen LogP contribution < -0.4 is 11.1 Å². The van der Waals surface area contributed by atoms with Crippen LogP contribution in [0.1, 0.15) is 20.7 Å². The molecule has 0 aliphatic carbocycles. The van der Waals surface area contributed by atoms with Crippen molar-refractivity contribution in [1.82, 2.24) is 0 Å². The molecule has 0 aliphatic heterocycles. The molecule has 2 aromatic carbocycles. The molecule has 4 nitrogen and oxygen atoms in total. The number of hydrogen-bond donors (Lipinski definition) is 2. The fourth-order valence-corrected chi connectivity index (χ4v) is 2.17. The van der Waals surface area contributed by atoms with E-state index in [1.165, 1.54) is 12.1 Å². The van der Waals surface area contributed by atoms with Gasteiger partial charge >= 0.3 is 0 Å². The van der Waals surface area contributed by atoms with E-state index in [2.05, 4.69) is 27.9 Å². The van der Waals surface area contributed by atoms with Crippen LogP contribution in [0.25, 0.3) is 0 Å². The first-order valence-electron chi connectivity index (χ1n) is 5.63. The van der Waals surface area contributed by atoms with Crippen molar-refractivity contribution >= 4 is 40.1 Å². The molecule has 0 unspecified atom stereocenters. The van der Waals surface area contributed by atoms with E-state index in [4.69, 9.17) is 5.73 Å². The molecule has 0 bridgehead atoms. The molecular weight excluding hydrogens is 374 g/mol. The lowest BCUT2D eigenvalue weighted by molar-refractivity contribution is 0.0992. The SMILES string of the molecule is NC(=O)c1cc(NC(=O)c2cccc(I)c2)ccc1F. The monoisotopic (exact) mass is 384 g/mol. The third kappa shape index (κ3) is 3.32. The molecule has 6 heteroatoms. The largest absolute Gasteiger partial charge is 0.366 e. The second kappa shape index (κ2) is 6.00. The molecule has 3 N–H and O–H groups in total. The number of primary amides is 1. The smallest absolute Gasteiger partial charge is 0.255 e. The molecule has 0 saturated carbocycles. The Hall–Kier alpha value is -1.96. The van der Waals surface area contributed by atoms with E-state index in [1.807, 2.05) is 6.07 Å². The van der Waals surface area contributed by atoms with Crippen LogP contribution in [-0.4, -0.2) is 11.8 Å². The minimum absolute atomic E-state index is 0.259. The molecule has 2 aromatic rings. The van der Waals surface area contributed by atoms with E-state index in [9.17, 15) is 14.0 Å². The van der Waals surface area contributed by atoms with Crippen LogP contribution in [-0.2, 0) is 0 Å². The van der Waals surface area contributed by atoms with Gasteiger partial charge in [-0.1, -0.05) is 6.07 Å². The van der Waals surface area contributed by atoms with Crippen LogP contribution in [0, 0.1) is 9.39 Å². The van der Waals surface area contributed by atoms with Gasteiger partial charge in [0.15, 0.2) is 0 Å². The summed E-state index contributed by atoms with van der Waals surface area (Å²) in [7, 11) is 0. The molecule has 0 radical (unpaired) electrons. The second-order valence-electron chi connectivity index (χ2n) is 4.02. The van der Waals surface area contributed by atoms with Crippen molar-refractivity contribution in [2.75, 3.05) is 5.32 Å². The molecule has 2 rings (SSSR count). The Labute approximate surface area is 128 Å². The Morgan fingerprint density at radius 3 is 2.55 bits per heavy atom. The van der Waals surface area contributed by atoms with Gasteiger partial charge in [-0.2, -0.15) is 0 Å². The first kappa shape index (κ1) is 14.4. The normalized spacial score (nSPS) is 10.1. The molecule has 20 heavy (non-hydrogen) atoms. The van der Waals surface area contributed by atoms with Crippen LogP contribution >= 0.6 is 22.6 Å². The zero-order valence-corrected chi connectivity index (χ0v) is 12.3. The average Bonchev–Trinajstić information content (AvgIpc) is 2.40. The summed E-state index contributed by atoms with van der Waals surface area (Å²) in [6, 6.07) is 10.7. The van der Waals surface area contributed by atoms with Gasteiger partial charge in [0.05, 0.1) is 5.56 Å². The summed E-state index contributed by atoms with van der Waals surface area (Å²) >= 11 is 2.10. The minimum Gasteiger partial charge on any atom is -0.366 e. The van der Waals surface area contributed by atoms with Crippen molar-refractivity contribution in [2.24, 2.45) is 5.73 Å². The van der Waals surface area contributed by atoms with Crippen molar-refractivity contribution in [3.8, 4) is 0 Å². The summed E-state index contributed by atoms with van der Waals surface area (Å²) in [6.07, 6.45) is 0. The van der Waals surface area contributed by atoms with E-state index in [1.54, 1.807) is 18.2 Å². The van der Waals surface area contributed by atoms with Crippen molar-refractivity contribution in [2.45, 2.75) is 0 Å². The van der Waals surface area contributed by atoms with Crippen molar-refractivity contribution < 1.29 is 14.0 Å². The topological polar surface area (TPSA) is 72.2 Å². The van der Waals surface area contributed by atoms with Gasteiger partial charge in [-0.25, -0.2) is 4.39 Å². The number of halogens is 2. The second-order valence-corrected chi connectivity index (χ2v) is 5.27. The number of carbonyl (C=O) groups is 2. The number of nitrogens with one attached hydrogen (secondary N) is 1. The van der Waals surface area contributed by atoms with E-state index < -0.39 is 11.7 Å². The fourth-order valence-electron chi connectivity index (χ4n) is 1.62. The Morgan fingerprint density at radius 2 is 1.90 bits per heavy atom. The molecule has 102 valence electrons. The highest BCUT2D eigenvalue weighted by atomic mass is 127. The molecular formula is C14H10FIN2O2. The van der Waals surface area contributed by atoms with Gasteiger partial charge in [0, 0.05) is 14.8 Å². The minimum atomic E-state index is -0.882. The number of amides is 2. The lowest BCUT2D eigenvalue weighted by Crippen LogP contribution is -2.16. The zero-order chi connectivity index (χ0) is 14.7. The van der Waals surface area contributed by atoms with Crippen molar-refractivity contribution in [3.05, 3.63) is 63.0 Å². The third-order valence-corrected chi connectivity index (χ3v) is 3.25. The van der Waals surface area contributed by atoms with Crippen LogP contribution in [0.15, 0.2) is 42.5 Å².